The van der Waals surface area contributed by atoms with Crippen molar-refractivity contribution < 1.29 is 23.0 Å². The predicted octanol–water partition coefficient (Wildman–Crippen LogP) is 4.27. The Bertz CT molecular complexity index is 890. The summed E-state index contributed by atoms with van der Waals surface area (Å²) in [4.78, 5) is 13.3. The molecule has 2 saturated heterocycles. The van der Waals surface area contributed by atoms with Gasteiger partial charge in [-0.3, -0.25) is 4.79 Å². The van der Waals surface area contributed by atoms with Crippen LogP contribution in [-0.2, 0) is 20.7 Å². The van der Waals surface area contributed by atoms with Gasteiger partial charge in [-0.15, -0.1) is 0 Å². The van der Waals surface area contributed by atoms with Crippen LogP contribution in [0.2, 0.25) is 0 Å². The lowest BCUT2D eigenvalue weighted by atomic mass is 9.74. The summed E-state index contributed by atoms with van der Waals surface area (Å²) in [7, 11) is 0. The van der Waals surface area contributed by atoms with Crippen LogP contribution in [0.5, 0.6) is 0 Å². The molecule has 1 atom stereocenters. The molecule has 4 nitrogen and oxygen atoms in total. The second-order valence-corrected chi connectivity index (χ2v) is 8.29. The number of amides is 1. The van der Waals surface area contributed by atoms with E-state index in [1.54, 1.807) is 6.07 Å². The molecule has 2 aliphatic rings. The highest BCUT2D eigenvalue weighted by atomic mass is 19.2. The molecule has 0 aliphatic carbocycles. The van der Waals surface area contributed by atoms with Gasteiger partial charge < -0.3 is 14.8 Å². The van der Waals surface area contributed by atoms with Gasteiger partial charge in [0.1, 0.15) is 0 Å². The van der Waals surface area contributed by atoms with Crippen LogP contribution in [0.1, 0.15) is 31.2 Å². The minimum atomic E-state index is -0.868. The van der Waals surface area contributed by atoms with Crippen LogP contribution in [0.3, 0.4) is 0 Å². The molecule has 2 heterocycles. The fourth-order valence-corrected chi connectivity index (χ4v) is 4.37. The van der Waals surface area contributed by atoms with Crippen LogP contribution in [0.4, 0.5) is 8.78 Å². The van der Waals surface area contributed by atoms with Gasteiger partial charge in [-0.2, -0.15) is 0 Å². The van der Waals surface area contributed by atoms with Gasteiger partial charge in [-0.05, 0) is 60.9 Å². The fourth-order valence-electron chi connectivity index (χ4n) is 4.37. The van der Waals surface area contributed by atoms with Crippen LogP contribution >= 0.6 is 0 Å². The van der Waals surface area contributed by atoms with Gasteiger partial charge in [-0.1, -0.05) is 30.3 Å². The van der Waals surface area contributed by atoms with Crippen molar-refractivity contribution in [3.63, 3.8) is 0 Å². The molecule has 2 aromatic carbocycles. The first-order chi connectivity index (χ1) is 14.6. The summed E-state index contributed by atoms with van der Waals surface area (Å²) in [6.45, 7) is 2.42. The van der Waals surface area contributed by atoms with E-state index in [4.69, 9.17) is 9.47 Å². The Balaban J connectivity index is 1.55. The number of halogens is 2. The third kappa shape index (κ3) is 4.71. The number of rotatable bonds is 5. The first-order valence-corrected chi connectivity index (χ1v) is 10.6. The molecule has 2 aromatic rings. The van der Waals surface area contributed by atoms with Crippen molar-refractivity contribution in [2.75, 3.05) is 26.4 Å². The fraction of sp³-hybridized carbons (Fsp3) is 0.458. The summed E-state index contributed by atoms with van der Waals surface area (Å²) in [5, 5.41) is 3.20. The zero-order valence-electron chi connectivity index (χ0n) is 17.0. The van der Waals surface area contributed by atoms with Crippen molar-refractivity contribution in [1.29, 1.82) is 0 Å². The Kier molecular flexibility index (Phi) is 6.44. The molecule has 30 heavy (non-hydrogen) atoms. The minimum Gasteiger partial charge on any atom is -0.381 e. The summed E-state index contributed by atoms with van der Waals surface area (Å²) in [5.41, 5.74) is 1.87. The second kappa shape index (κ2) is 9.23. The number of benzene rings is 2. The van der Waals surface area contributed by atoms with Crippen LogP contribution < -0.4 is 5.32 Å². The smallest absolute Gasteiger partial charge is 0.227 e. The highest BCUT2D eigenvalue weighted by Crippen LogP contribution is 2.36. The largest absolute Gasteiger partial charge is 0.381 e. The Hall–Kier alpha value is -2.31. The van der Waals surface area contributed by atoms with Crippen LogP contribution in [-0.4, -0.2) is 38.4 Å². The maximum atomic E-state index is 13.7. The predicted molar refractivity (Wildman–Crippen MR) is 110 cm³/mol. The van der Waals surface area contributed by atoms with E-state index in [9.17, 15) is 13.6 Å². The van der Waals surface area contributed by atoms with Gasteiger partial charge >= 0.3 is 0 Å². The molecule has 1 N–H and O–H groups in total. The number of carbonyl (C=O) groups is 1. The lowest BCUT2D eigenvalue weighted by Gasteiger charge is -2.37. The SMILES string of the molecule is O=C(N[C@@H]1CCCOC1)C1(Cc2cccc(-c3ccc(F)c(F)c3)c2)CCOCC1. The van der Waals surface area contributed by atoms with E-state index in [0.29, 0.717) is 44.6 Å². The van der Waals surface area contributed by atoms with E-state index in [1.165, 1.54) is 6.07 Å². The Morgan fingerprint density at radius 3 is 2.53 bits per heavy atom. The first-order valence-electron chi connectivity index (χ1n) is 10.6. The van der Waals surface area contributed by atoms with Crippen molar-refractivity contribution in [3.8, 4) is 11.1 Å². The van der Waals surface area contributed by atoms with E-state index in [2.05, 4.69) is 5.32 Å². The molecule has 0 bridgehead atoms. The van der Waals surface area contributed by atoms with Crippen molar-refractivity contribution in [1.82, 2.24) is 5.32 Å². The zero-order valence-corrected chi connectivity index (χ0v) is 17.0. The zero-order chi connectivity index (χ0) is 21.0. The molecule has 2 fully saturated rings. The van der Waals surface area contributed by atoms with Gasteiger partial charge in [0.05, 0.1) is 18.1 Å². The molecule has 160 valence electrons. The maximum Gasteiger partial charge on any atom is 0.227 e. The number of hydrogen-bond donors (Lipinski definition) is 1. The number of ether oxygens (including phenoxy) is 2. The van der Waals surface area contributed by atoms with Crippen LogP contribution in [0.25, 0.3) is 11.1 Å². The Labute approximate surface area is 175 Å². The first kappa shape index (κ1) is 20.9. The van der Waals surface area contributed by atoms with Crippen molar-refractivity contribution >= 4 is 5.91 Å². The third-order valence-corrected chi connectivity index (χ3v) is 6.15. The molecule has 1 amide bonds. The molecule has 0 unspecified atom stereocenters. The van der Waals surface area contributed by atoms with Crippen LogP contribution in [0.15, 0.2) is 42.5 Å². The molecule has 0 radical (unpaired) electrons. The van der Waals surface area contributed by atoms with E-state index < -0.39 is 17.0 Å². The summed E-state index contributed by atoms with van der Waals surface area (Å²) in [6.07, 6.45) is 3.78. The van der Waals surface area contributed by atoms with Gasteiger partial charge in [-0.25, -0.2) is 8.78 Å². The standard InChI is InChI=1S/C24H27F2NO3/c25-21-7-6-19(14-22(21)26)18-4-1-3-17(13-18)15-24(8-11-29-12-9-24)23(28)27-20-5-2-10-30-16-20/h1,3-4,6-7,13-14,20H,2,5,8-12,15-16H2,(H,27,28)/t20-/m1/s1. The monoisotopic (exact) mass is 415 g/mol. The molecule has 0 saturated carbocycles. The van der Waals surface area contributed by atoms with Gasteiger partial charge in [0.25, 0.3) is 0 Å². The Morgan fingerprint density at radius 1 is 1.00 bits per heavy atom. The van der Waals surface area contributed by atoms with Crippen LogP contribution in [0, 0.1) is 17.0 Å². The lowest BCUT2D eigenvalue weighted by molar-refractivity contribution is -0.138. The van der Waals surface area contributed by atoms with Crippen molar-refractivity contribution in [2.24, 2.45) is 5.41 Å². The highest BCUT2D eigenvalue weighted by Gasteiger charge is 2.41. The average molecular weight is 415 g/mol. The molecule has 4 rings (SSSR count). The van der Waals surface area contributed by atoms with Gasteiger partial charge in [0.15, 0.2) is 11.6 Å². The topological polar surface area (TPSA) is 47.6 Å². The molecular formula is C24H27F2NO3. The average Bonchev–Trinajstić information content (AvgIpc) is 2.77. The summed E-state index contributed by atoms with van der Waals surface area (Å²) >= 11 is 0. The lowest BCUT2D eigenvalue weighted by Crippen LogP contribution is -2.51. The molecular weight excluding hydrogens is 388 g/mol. The van der Waals surface area contributed by atoms with Crippen molar-refractivity contribution in [3.05, 3.63) is 59.7 Å². The summed E-state index contributed by atoms with van der Waals surface area (Å²) in [6, 6.07) is 11.7. The van der Waals surface area contributed by atoms with Crippen molar-refractivity contribution in [2.45, 2.75) is 38.1 Å². The van der Waals surface area contributed by atoms with Gasteiger partial charge in [0.2, 0.25) is 5.91 Å². The Morgan fingerprint density at radius 2 is 1.80 bits per heavy atom. The molecule has 2 aliphatic heterocycles. The molecule has 0 spiro atoms. The highest BCUT2D eigenvalue weighted by molar-refractivity contribution is 5.83. The van der Waals surface area contributed by atoms with E-state index in [1.807, 2.05) is 24.3 Å². The third-order valence-electron chi connectivity index (χ3n) is 6.15. The molecule has 6 heteroatoms. The van der Waals surface area contributed by atoms with E-state index in [0.717, 1.165) is 36.6 Å². The van der Waals surface area contributed by atoms with E-state index >= 15 is 0 Å². The van der Waals surface area contributed by atoms with Gasteiger partial charge in [0, 0.05) is 19.8 Å². The van der Waals surface area contributed by atoms with E-state index in [-0.39, 0.29) is 11.9 Å². The summed E-state index contributed by atoms with van der Waals surface area (Å²) < 4.78 is 38.0. The number of nitrogens with one attached hydrogen (secondary N) is 1. The summed E-state index contributed by atoms with van der Waals surface area (Å²) in [5.74, 6) is -1.67. The second-order valence-electron chi connectivity index (χ2n) is 8.29. The number of carbonyl (C=O) groups excluding carboxylic acids is 1. The quantitative estimate of drug-likeness (QED) is 0.794. The minimum absolute atomic E-state index is 0.0551. The molecule has 0 aromatic heterocycles. The normalized spacial score (nSPS) is 21.2. The number of hydrogen-bond acceptors (Lipinski definition) is 3. The maximum absolute atomic E-state index is 13.7.